The average molecular weight is 392 g/mol. The van der Waals surface area contributed by atoms with Gasteiger partial charge in [-0.25, -0.2) is 4.98 Å². The minimum absolute atomic E-state index is 0.509. The van der Waals surface area contributed by atoms with Crippen LogP contribution in [0.3, 0.4) is 0 Å². The number of anilines is 1. The average Bonchev–Trinajstić information content (AvgIpc) is 3.08. The molecule has 0 aliphatic carbocycles. The summed E-state index contributed by atoms with van der Waals surface area (Å²) >= 11 is 13.5. The lowest BCUT2D eigenvalue weighted by Gasteiger charge is -2.02. The Labute approximate surface area is 160 Å². The summed E-state index contributed by atoms with van der Waals surface area (Å²) in [7, 11) is 0. The molecule has 1 N–H and O–H groups in total. The fourth-order valence-electron chi connectivity index (χ4n) is 2.09. The van der Waals surface area contributed by atoms with Crippen molar-refractivity contribution in [2.24, 2.45) is 5.10 Å². The second-order valence-corrected chi connectivity index (χ2v) is 6.71. The number of hydrogen-bond acceptors (Lipinski definition) is 5. The first kappa shape index (κ1) is 17.7. The van der Waals surface area contributed by atoms with Gasteiger partial charge < -0.3 is 4.74 Å². The van der Waals surface area contributed by atoms with Gasteiger partial charge in [-0.2, -0.15) is 5.10 Å². The highest BCUT2D eigenvalue weighted by Gasteiger charge is 2.06. The molecule has 0 bridgehead atoms. The van der Waals surface area contributed by atoms with Gasteiger partial charge in [-0.05, 0) is 48.9 Å². The van der Waals surface area contributed by atoms with E-state index in [1.165, 1.54) is 11.3 Å². The highest BCUT2D eigenvalue weighted by atomic mass is 35.5. The first-order chi connectivity index (χ1) is 12.2. The van der Waals surface area contributed by atoms with Crippen LogP contribution in [-0.4, -0.2) is 17.8 Å². The lowest BCUT2D eigenvalue weighted by molar-refractivity contribution is 0.340. The van der Waals surface area contributed by atoms with E-state index < -0.39 is 0 Å². The van der Waals surface area contributed by atoms with Crippen molar-refractivity contribution in [2.75, 3.05) is 12.0 Å². The molecule has 0 radical (unpaired) electrons. The van der Waals surface area contributed by atoms with Crippen LogP contribution in [0.4, 0.5) is 5.13 Å². The van der Waals surface area contributed by atoms with Crippen LogP contribution >= 0.6 is 34.5 Å². The standard InChI is InChI=1S/C18H15Cl2N3OS/c1-2-24-14-6-3-12(4-7-14)10-21-23-18-22-17(11-25-18)13-5-8-15(19)16(20)9-13/h3-11H,2H2,1H3,(H,22,23)/b21-10+. The monoisotopic (exact) mass is 391 g/mol. The predicted molar refractivity (Wildman–Crippen MR) is 106 cm³/mol. The molecule has 0 fully saturated rings. The summed E-state index contributed by atoms with van der Waals surface area (Å²) in [5, 5.41) is 7.88. The topological polar surface area (TPSA) is 46.5 Å². The molecule has 25 heavy (non-hydrogen) atoms. The third-order valence-electron chi connectivity index (χ3n) is 3.28. The van der Waals surface area contributed by atoms with Crippen LogP contribution in [0.2, 0.25) is 10.0 Å². The Kier molecular flexibility index (Phi) is 5.91. The zero-order valence-corrected chi connectivity index (χ0v) is 15.7. The molecule has 2 aromatic carbocycles. The third-order valence-corrected chi connectivity index (χ3v) is 4.77. The maximum absolute atomic E-state index is 6.05. The van der Waals surface area contributed by atoms with Crippen LogP contribution in [0.15, 0.2) is 52.9 Å². The van der Waals surface area contributed by atoms with Gasteiger partial charge in [0.15, 0.2) is 0 Å². The summed E-state index contributed by atoms with van der Waals surface area (Å²) in [5.41, 5.74) is 5.64. The summed E-state index contributed by atoms with van der Waals surface area (Å²) in [6.07, 6.45) is 1.73. The van der Waals surface area contributed by atoms with Crippen molar-refractivity contribution in [1.29, 1.82) is 0 Å². The fraction of sp³-hybridized carbons (Fsp3) is 0.111. The van der Waals surface area contributed by atoms with Crippen LogP contribution < -0.4 is 10.2 Å². The second-order valence-electron chi connectivity index (χ2n) is 5.04. The summed E-state index contributed by atoms with van der Waals surface area (Å²) in [6.45, 7) is 2.61. The van der Waals surface area contributed by atoms with Crippen LogP contribution in [0.25, 0.3) is 11.3 Å². The number of hydrogen-bond donors (Lipinski definition) is 1. The molecule has 0 saturated carbocycles. The molecule has 0 unspecified atom stereocenters. The van der Waals surface area contributed by atoms with E-state index in [1.54, 1.807) is 18.3 Å². The number of thiazole rings is 1. The molecular formula is C18H15Cl2N3OS. The molecule has 0 atom stereocenters. The molecule has 0 aliphatic heterocycles. The molecule has 4 nitrogen and oxygen atoms in total. The SMILES string of the molecule is CCOc1ccc(/C=N/Nc2nc(-c3ccc(Cl)c(Cl)c3)cs2)cc1. The van der Waals surface area contributed by atoms with Gasteiger partial charge in [-0.15, -0.1) is 11.3 Å². The second kappa shape index (κ2) is 8.34. The van der Waals surface area contributed by atoms with E-state index in [1.807, 2.05) is 42.6 Å². The molecule has 3 rings (SSSR count). The van der Waals surface area contributed by atoms with Gasteiger partial charge >= 0.3 is 0 Å². The molecule has 3 aromatic rings. The first-order valence-corrected chi connectivity index (χ1v) is 9.22. The van der Waals surface area contributed by atoms with Gasteiger partial charge in [0, 0.05) is 10.9 Å². The lowest BCUT2D eigenvalue weighted by atomic mass is 10.2. The van der Waals surface area contributed by atoms with E-state index in [-0.39, 0.29) is 0 Å². The molecule has 0 amide bonds. The molecular weight excluding hydrogens is 377 g/mol. The van der Waals surface area contributed by atoms with Crippen LogP contribution in [0, 0.1) is 0 Å². The molecule has 1 heterocycles. The van der Waals surface area contributed by atoms with Gasteiger partial charge in [-0.1, -0.05) is 29.3 Å². The molecule has 0 spiro atoms. The Morgan fingerprint density at radius 1 is 1.16 bits per heavy atom. The normalized spacial score (nSPS) is 11.0. The van der Waals surface area contributed by atoms with E-state index >= 15 is 0 Å². The first-order valence-electron chi connectivity index (χ1n) is 7.58. The van der Waals surface area contributed by atoms with Crippen molar-refractivity contribution < 1.29 is 4.74 Å². The lowest BCUT2D eigenvalue weighted by Crippen LogP contribution is -1.92. The quantitative estimate of drug-likeness (QED) is 0.416. The van der Waals surface area contributed by atoms with E-state index in [9.17, 15) is 0 Å². The summed E-state index contributed by atoms with van der Waals surface area (Å²) in [4.78, 5) is 4.49. The number of halogens is 2. The van der Waals surface area contributed by atoms with Gasteiger partial charge in [0.05, 0.1) is 28.6 Å². The number of rotatable bonds is 6. The van der Waals surface area contributed by atoms with Gasteiger partial charge in [0.1, 0.15) is 5.75 Å². The van der Waals surface area contributed by atoms with E-state index in [0.29, 0.717) is 21.8 Å². The van der Waals surface area contributed by atoms with Crippen molar-refractivity contribution in [3.63, 3.8) is 0 Å². The number of nitrogens with zero attached hydrogens (tertiary/aromatic N) is 2. The molecule has 7 heteroatoms. The van der Waals surface area contributed by atoms with Gasteiger partial charge in [-0.3, -0.25) is 5.43 Å². The Hall–Kier alpha value is -2.08. The fourth-order valence-corrected chi connectivity index (χ4v) is 3.06. The minimum Gasteiger partial charge on any atom is -0.494 e. The van der Waals surface area contributed by atoms with Crippen molar-refractivity contribution in [1.82, 2.24) is 4.98 Å². The molecule has 0 saturated heterocycles. The number of hydrazone groups is 1. The minimum atomic E-state index is 0.509. The Morgan fingerprint density at radius 2 is 1.96 bits per heavy atom. The smallest absolute Gasteiger partial charge is 0.203 e. The third kappa shape index (κ3) is 4.72. The number of benzene rings is 2. The number of nitrogens with one attached hydrogen (secondary N) is 1. The zero-order valence-electron chi connectivity index (χ0n) is 13.4. The Morgan fingerprint density at radius 3 is 2.68 bits per heavy atom. The summed E-state index contributed by atoms with van der Waals surface area (Å²) < 4.78 is 5.41. The highest BCUT2D eigenvalue weighted by molar-refractivity contribution is 7.14. The number of ether oxygens (including phenoxy) is 1. The van der Waals surface area contributed by atoms with Crippen LogP contribution in [-0.2, 0) is 0 Å². The largest absolute Gasteiger partial charge is 0.494 e. The Balaban J connectivity index is 1.64. The van der Waals surface area contributed by atoms with Crippen molar-refractivity contribution >= 4 is 45.9 Å². The maximum atomic E-state index is 6.05. The summed E-state index contributed by atoms with van der Waals surface area (Å²) in [5.74, 6) is 0.846. The predicted octanol–water partition coefficient (Wildman–Crippen LogP) is 5.96. The Bertz CT molecular complexity index is 878. The van der Waals surface area contributed by atoms with E-state index in [4.69, 9.17) is 27.9 Å². The molecule has 0 aliphatic rings. The molecule has 1 aromatic heterocycles. The van der Waals surface area contributed by atoms with Crippen LogP contribution in [0.5, 0.6) is 5.75 Å². The molecule has 128 valence electrons. The van der Waals surface area contributed by atoms with Crippen LogP contribution in [0.1, 0.15) is 12.5 Å². The highest BCUT2D eigenvalue weighted by Crippen LogP contribution is 2.30. The maximum Gasteiger partial charge on any atom is 0.203 e. The van der Waals surface area contributed by atoms with Gasteiger partial charge in [0.25, 0.3) is 0 Å². The number of aromatic nitrogens is 1. The van der Waals surface area contributed by atoms with Crippen molar-refractivity contribution in [3.8, 4) is 17.0 Å². The van der Waals surface area contributed by atoms with Gasteiger partial charge in [0.2, 0.25) is 5.13 Å². The van der Waals surface area contributed by atoms with Crippen molar-refractivity contribution in [3.05, 3.63) is 63.5 Å². The summed E-state index contributed by atoms with van der Waals surface area (Å²) in [6, 6.07) is 13.2. The van der Waals surface area contributed by atoms with E-state index in [0.717, 1.165) is 22.6 Å². The van der Waals surface area contributed by atoms with Crippen molar-refractivity contribution in [2.45, 2.75) is 6.92 Å². The van der Waals surface area contributed by atoms with E-state index in [2.05, 4.69) is 15.5 Å². The zero-order chi connectivity index (χ0) is 17.6.